The molecule has 1 aromatic rings. The first kappa shape index (κ1) is 14.4. The number of anilines is 1. The number of aromatic nitrogens is 1. The van der Waals surface area contributed by atoms with E-state index in [2.05, 4.69) is 24.1 Å². The minimum atomic E-state index is -0.525. The monoisotopic (exact) mass is 250 g/mol. The van der Waals surface area contributed by atoms with E-state index in [1.807, 2.05) is 0 Å². The summed E-state index contributed by atoms with van der Waals surface area (Å²) in [5.74, 6) is -0.0158. The summed E-state index contributed by atoms with van der Waals surface area (Å²) >= 11 is 0. The fraction of sp³-hybridized carbons (Fsp3) is 0.538. The number of nitrogens with zero attached hydrogens (tertiary/aromatic N) is 1. The average molecular weight is 250 g/mol. The number of hydrogen-bond donors (Lipinski definition) is 3. The van der Waals surface area contributed by atoms with Gasteiger partial charge in [0, 0.05) is 24.5 Å². The normalized spacial score (nSPS) is 12.4. The first-order chi connectivity index (χ1) is 8.58. The van der Waals surface area contributed by atoms with Crippen LogP contribution in [0, 0.1) is 5.92 Å². The quantitative estimate of drug-likeness (QED) is 0.681. The molecule has 0 saturated carbocycles. The Morgan fingerprint density at radius 1 is 1.44 bits per heavy atom. The van der Waals surface area contributed by atoms with Crippen LogP contribution < -0.4 is 16.8 Å². The highest BCUT2D eigenvalue weighted by atomic mass is 16.1. The maximum absolute atomic E-state index is 11.0. The second-order valence-electron chi connectivity index (χ2n) is 4.42. The zero-order chi connectivity index (χ0) is 13.5. The van der Waals surface area contributed by atoms with Gasteiger partial charge in [0.05, 0.1) is 0 Å². The van der Waals surface area contributed by atoms with Gasteiger partial charge in [0.2, 0.25) is 0 Å². The highest BCUT2D eigenvalue weighted by Gasteiger charge is 2.13. The molecule has 5 heteroatoms. The van der Waals surface area contributed by atoms with Gasteiger partial charge in [-0.25, -0.2) is 0 Å². The lowest BCUT2D eigenvalue weighted by Crippen LogP contribution is -2.36. The van der Waals surface area contributed by atoms with Crippen LogP contribution in [-0.4, -0.2) is 23.5 Å². The molecular weight excluding hydrogens is 228 g/mol. The Labute approximate surface area is 108 Å². The zero-order valence-electron chi connectivity index (χ0n) is 11.0. The van der Waals surface area contributed by atoms with Gasteiger partial charge in [-0.1, -0.05) is 26.7 Å². The maximum Gasteiger partial charge on any atom is 0.267 e. The van der Waals surface area contributed by atoms with Crippen molar-refractivity contribution in [1.29, 1.82) is 0 Å². The highest BCUT2D eigenvalue weighted by molar-refractivity contribution is 5.91. The van der Waals surface area contributed by atoms with E-state index in [4.69, 9.17) is 11.5 Å². The van der Waals surface area contributed by atoms with Crippen molar-refractivity contribution in [3.63, 3.8) is 0 Å². The molecule has 0 saturated heterocycles. The summed E-state index contributed by atoms with van der Waals surface area (Å²) in [6, 6.07) is 3.54. The molecule has 0 radical (unpaired) electrons. The largest absolute Gasteiger partial charge is 0.383 e. The number of hydrogen-bond acceptors (Lipinski definition) is 4. The van der Waals surface area contributed by atoms with Crippen LogP contribution in [0.1, 0.15) is 37.2 Å². The van der Waals surface area contributed by atoms with E-state index in [1.54, 1.807) is 18.3 Å². The lowest BCUT2D eigenvalue weighted by molar-refractivity contribution is 0.0995. The van der Waals surface area contributed by atoms with Crippen LogP contribution in [0.5, 0.6) is 0 Å². The predicted octanol–water partition coefficient (Wildman–Crippen LogP) is 1.36. The number of primary amides is 1. The van der Waals surface area contributed by atoms with Gasteiger partial charge in [-0.3, -0.25) is 9.78 Å². The molecule has 0 aliphatic heterocycles. The van der Waals surface area contributed by atoms with Crippen LogP contribution in [0.15, 0.2) is 18.3 Å². The lowest BCUT2D eigenvalue weighted by Gasteiger charge is -2.22. The maximum atomic E-state index is 11.0. The summed E-state index contributed by atoms with van der Waals surface area (Å²) in [6.07, 6.45) is 3.70. The van der Waals surface area contributed by atoms with Crippen molar-refractivity contribution in [2.75, 3.05) is 11.9 Å². The van der Waals surface area contributed by atoms with Crippen molar-refractivity contribution < 1.29 is 4.79 Å². The summed E-state index contributed by atoms with van der Waals surface area (Å²) in [6.45, 7) is 4.96. The number of carbonyl (C=O) groups is 1. The molecule has 1 heterocycles. The van der Waals surface area contributed by atoms with E-state index >= 15 is 0 Å². The second-order valence-corrected chi connectivity index (χ2v) is 4.42. The van der Waals surface area contributed by atoms with E-state index in [9.17, 15) is 4.79 Å². The molecule has 1 aromatic heterocycles. The van der Waals surface area contributed by atoms with Gasteiger partial charge in [-0.05, 0) is 18.1 Å². The molecule has 0 aliphatic rings. The van der Waals surface area contributed by atoms with Crippen LogP contribution in [0.25, 0.3) is 0 Å². The number of nitrogens with two attached hydrogens (primary N) is 2. The molecular formula is C13H22N4O. The van der Waals surface area contributed by atoms with E-state index < -0.39 is 5.91 Å². The van der Waals surface area contributed by atoms with Crippen molar-refractivity contribution in [2.24, 2.45) is 17.4 Å². The molecule has 0 bridgehead atoms. The summed E-state index contributed by atoms with van der Waals surface area (Å²) in [5.41, 5.74) is 12.4. The van der Waals surface area contributed by atoms with Crippen molar-refractivity contribution in [1.82, 2.24) is 4.98 Å². The minimum Gasteiger partial charge on any atom is -0.383 e. The van der Waals surface area contributed by atoms with Gasteiger partial charge in [-0.15, -0.1) is 0 Å². The van der Waals surface area contributed by atoms with Crippen molar-refractivity contribution >= 4 is 11.6 Å². The third-order valence-electron chi connectivity index (χ3n) is 3.21. The molecule has 1 atom stereocenters. The van der Waals surface area contributed by atoms with Crippen molar-refractivity contribution in [3.8, 4) is 0 Å². The average Bonchev–Trinajstić information content (AvgIpc) is 2.38. The molecule has 5 nitrogen and oxygen atoms in total. The lowest BCUT2D eigenvalue weighted by atomic mass is 9.95. The molecule has 1 rings (SSSR count). The van der Waals surface area contributed by atoms with Crippen LogP contribution >= 0.6 is 0 Å². The van der Waals surface area contributed by atoms with E-state index in [-0.39, 0.29) is 11.7 Å². The number of pyridine rings is 1. The van der Waals surface area contributed by atoms with Gasteiger partial charge in [0.1, 0.15) is 5.69 Å². The van der Waals surface area contributed by atoms with Crippen LogP contribution in [0.2, 0.25) is 0 Å². The summed E-state index contributed by atoms with van der Waals surface area (Å²) in [5, 5.41) is 3.22. The standard InChI is InChI=1S/C13H22N4O/c1-3-9(4-2)11(14)8-17-10-5-6-16-12(7-10)13(15)18/h5-7,9,11H,3-4,8,14H2,1-2H3,(H2,15,18)(H,16,17). The number of rotatable bonds is 7. The Bertz CT molecular complexity index is 390. The van der Waals surface area contributed by atoms with E-state index in [0.29, 0.717) is 12.5 Å². The molecule has 0 fully saturated rings. The molecule has 5 N–H and O–H groups in total. The SMILES string of the molecule is CCC(CC)C(N)CNc1ccnc(C(N)=O)c1. The molecule has 0 aliphatic carbocycles. The third kappa shape index (κ3) is 4.00. The molecule has 0 spiro atoms. The van der Waals surface area contributed by atoms with Crippen molar-refractivity contribution in [3.05, 3.63) is 24.0 Å². The fourth-order valence-electron chi connectivity index (χ4n) is 1.97. The molecule has 0 aromatic carbocycles. The molecule has 1 unspecified atom stereocenters. The van der Waals surface area contributed by atoms with Gasteiger partial charge in [-0.2, -0.15) is 0 Å². The Kier molecular flexibility index (Phi) is 5.58. The first-order valence-electron chi connectivity index (χ1n) is 6.33. The Morgan fingerprint density at radius 3 is 2.67 bits per heavy atom. The molecule has 100 valence electrons. The third-order valence-corrected chi connectivity index (χ3v) is 3.21. The molecule has 18 heavy (non-hydrogen) atoms. The van der Waals surface area contributed by atoms with Gasteiger partial charge in [0.25, 0.3) is 5.91 Å². The van der Waals surface area contributed by atoms with Gasteiger partial charge < -0.3 is 16.8 Å². The second kappa shape index (κ2) is 6.96. The highest BCUT2D eigenvalue weighted by Crippen LogP contribution is 2.13. The smallest absolute Gasteiger partial charge is 0.267 e. The summed E-state index contributed by atoms with van der Waals surface area (Å²) in [4.78, 5) is 14.9. The van der Waals surface area contributed by atoms with Crippen LogP contribution in [0.3, 0.4) is 0 Å². The number of nitrogens with one attached hydrogen (secondary N) is 1. The van der Waals surface area contributed by atoms with Crippen LogP contribution in [-0.2, 0) is 0 Å². The zero-order valence-corrected chi connectivity index (χ0v) is 11.0. The van der Waals surface area contributed by atoms with Gasteiger partial charge >= 0.3 is 0 Å². The Morgan fingerprint density at radius 2 is 2.11 bits per heavy atom. The number of carbonyl (C=O) groups excluding carboxylic acids is 1. The fourth-order valence-corrected chi connectivity index (χ4v) is 1.97. The van der Waals surface area contributed by atoms with Crippen molar-refractivity contribution in [2.45, 2.75) is 32.7 Å². The number of amides is 1. The topological polar surface area (TPSA) is 94.0 Å². The van der Waals surface area contributed by atoms with E-state index in [1.165, 1.54) is 0 Å². The molecule has 1 amide bonds. The summed E-state index contributed by atoms with van der Waals surface area (Å²) < 4.78 is 0. The summed E-state index contributed by atoms with van der Waals surface area (Å²) in [7, 11) is 0. The predicted molar refractivity (Wildman–Crippen MR) is 73.3 cm³/mol. The van der Waals surface area contributed by atoms with Crippen LogP contribution in [0.4, 0.5) is 5.69 Å². The van der Waals surface area contributed by atoms with E-state index in [0.717, 1.165) is 18.5 Å². The Hall–Kier alpha value is -1.62. The minimum absolute atomic E-state index is 0.102. The van der Waals surface area contributed by atoms with Gasteiger partial charge in [0.15, 0.2) is 0 Å². The first-order valence-corrected chi connectivity index (χ1v) is 6.33. The Balaban J connectivity index is 2.58.